The van der Waals surface area contributed by atoms with Crippen molar-refractivity contribution >= 4 is 16.8 Å². The van der Waals surface area contributed by atoms with Crippen LogP contribution in [-0.2, 0) is 6.61 Å². The van der Waals surface area contributed by atoms with Crippen molar-refractivity contribution in [3.05, 3.63) is 53.9 Å². The molecular weight excluding hydrogens is 240 g/mol. The van der Waals surface area contributed by atoms with E-state index in [4.69, 9.17) is 14.9 Å². The highest BCUT2D eigenvalue weighted by atomic mass is 16.5. The minimum atomic E-state index is 0.303. The second kappa shape index (κ2) is 4.65. The Kier molecular flexibility index (Phi) is 2.83. The molecule has 0 amide bonds. The number of aromatic nitrogens is 1. The Labute approximate surface area is 110 Å². The smallest absolute Gasteiger partial charge is 0.233 e. The maximum absolute atomic E-state index is 5.61. The van der Waals surface area contributed by atoms with Crippen molar-refractivity contribution in [1.29, 1.82) is 0 Å². The molecule has 0 unspecified atom stereocenters. The van der Waals surface area contributed by atoms with E-state index in [-0.39, 0.29) is 0 Å². The van der Waals surface area contributed by atoms with Crippen molar-refractivity contribution in [3.63, 3.8) is 0 Å². The molecule has 19 heavy (non-hydrogen) atoms. The molecule has 3 rings (SSSR count). The molecule has 4 heteroatoms. The molecule has 0 bridgehead atoms. The molecule has 2 N–H and O–H groups in total. The van der Waals surface area contributed by atoms with Gasteiger partial charge in [0.1, 0.15) is 11.3 Å². The van der Waals surface area contributed by atoms with Crippen LogP contribution >= 0.6 is 0 Å². The van der Waals surface area contributed by atoms with Gasteiger partial charge in [0.05, 0.1) is 0 Å². The molecule has 0 aliphatic heterocycles. The van der Waals surface area contributed by atoms with Crippen molar-refractivity contribution in [2.45, 2.75) is 13.5 Å². The van der Waals surface area contributed by atoms with Crippen molar-refractivity contribution in [2.75, 3.05) is 5.73 Å². The maximum Gasteiger partial charge on any atom is 0.233 e. The van der Waals surface area contributed by atoms with Gasteiger partial charge in [0.25, 0.3) is 0 Å². The normalized spacial score (nSPS) is 10.8. The molecule has 0 saturated carbocycles. The fourth-order valence-electron chi connectivity index (χ4n) is 1.86. The van der Waals surface area contributed by atoms with Gasteiger partial charge in [0.15, 0.2) is 12.2 Å². The van der Waals surface area contributed by atoms with Crippen molar-refractivity contribution in [3.8, 4) is 5.75 Å². The van der Waals surface area contributed by atoms with Crippen LogP contribution in [0.2, 0.25) is 0 Å². The van der Waals surface area contributed by atoms with Gasteiger partial charge in [-0.05, 0) is 48.9 Å². The summed E-state index contributed by atoms with van der Waals surface area (Å²) in [4.78, 5) is 4.39. The van der Waals surface area contributed by atoms with Crippen molar-refractivity contribution < 1.29 is 9.15 Å². The molecule has 0 aliphatic rings. The summed E-state index contributed by atoms with van der Waals surface area (Å²) in [6.45, 7) is 2.33. The van der Waals surface area contributed by atoms with Gasteiger partial charge in [-0.15, -0.1) is 0 Å². The molecule has 1 aromatic heterocycles. The van der Waals surface area contributed by atoms with Crippen LogP contribution < -0.4 is 10.5 Å². The zero-order chi connectivity index (χ0) is 13.2. The van der Waals surface area contributed by atoms with E-state index in [9.17, 15) is 0 Å². The van der Waals surface area contributed by atoms with Gasteiger partial charge in [-0.1, -0.05) is 6.07 Å². The van der Waals surface area contributed by atoms with Gasteiger partial charge in [0, 0.05) is 5.69 Å². The van der Waals surface area contributed by atoms with E-state index in [1.54, 1.807) is 12.1 Å². The largest absolute Gasteiger partial charge is 0.484 e. The minimum Gasteiger partial charge on any atom is -0.484 e. The number of hydrogen-bond acceptors (Lipinski definition) is 4. The lowest BCUT2D eigenvalue weighted by atomic mass is 10.2. The standard InChI is InChI=1S/C15H14N2O2/c1-10-2-7-14-13(8-10)17-15(19-14)9-18-12-5-3-11(16)4-6-12/h2-8H,9,16H2,1H3. The zero-order valence-corrected chi connectivity index (χ0v) is 10.6. The lowest BCUT2D eigenvalue weighted by Crippen LogP contribution is -1.95. The summed E-state index contributed by atoms with van der Waals surface area (Å²) in [5.74, 6) is 1.31. The second-order valence-corrected chi connectivity index (χ2v) is 4.44. The molecule has 96 valence electrons. The van der Waals surface area contributed by atoms with Gasteiger partial charge >= 0.3 is 0 Å². The van der Waals surface area contributed by atoms with Crippen molar-refractivity contribution in [2.24, 2.45) is 0 Å². The Morgan fingerprint density at radius 1 is 1.16 bits per heavy atom. The molecule has 0 fully saturated rings. The predicted octanol–water partition coefficient (Wildman–Crippen LogP) is 3.30. The SMILES string of the molecule is Cc1ccc2oc(COc3ccc(N)cc3)nc2c1. The first-order valence-electron chi connectivity index (χ1n) is 6.05. The highest BCUT2D eigenvalue weighted by Crippen LogP contribution is 2.19. The van der Waals surface area contributed by atoms with Gasteiger partial charge in [-0.2, -0.15) is 0 Å². The fraction of sp³-hybridized carbons (Fsp3) is 0.133. The Bertz CT molecular complexity index is 702. The quantitative estimate of drug-likeness (QED) is 0.728. The molecular formula is C15H14N2O2. The summed E-state index contributed by atoms with van der Waals surface area (Å²) in [5.41, 5.74) is 9.12. The molecule has 2 aromatic carbocycles. The number of benzene rings is 2. The number of rotatable bonds is 3. The van der Waals surface area contributed by atoms with Crippen LogP contribution in [0.3, 0.4) is 0 Å². The molecule has 1 heterocycles. The average molecular weight is 254 g/mol. The number of fused-ring (bicyclic) bond motifs is 1. The Hall–Kier alpha value is -2.49. The number of nitrogen functional groups attached to an aromatic ring is 1. The summed E-state index contributed by atoms with van der Waals surface area (Å²) in [6.07, 6.45) is 0. The van der Waals surface area contributed by atoms with Gasteiger partial charge < -0.3 is 14.9 Å². The van der Waals surface area contributed by atoms with Crippen molar-refractivity contribution in [1.82, 2.24) is 4.98 Å². The highest BCUT2D eigenvalue weighted by Gasteiger charge is 2.06. The monoisotopic (exact) mass is 254 g/mol. The lowest BCUT2D eigenvalue weighted by molar-refractivity contribution is 0.267. The Morgan fingerprint density at radius 3 is 2.74 bits per heavy atom. The number of nitrogens with two attached hydrogens (primary N) is 1. The number of hydrogen-bond donors (Lipinski definition) is 1. The van der Waals surface area contributed by atoms with E-state index < -0.39 is 0 Å². The summed E-state index contributed by atoms with van der Waals surface area (Å²) < 4.78 is 11.2. The van der Waals surface area contributed by atoms with Crippen LogP contribution in [0.1, 0.15) is 11.5 Å². The lowest BCUT2D eigenvalue weighted by Gasteiger charge is -2.02. The topological polar surface area (TPSA) is 61.3 Å². The van der Waals surface area contributed by atoms with E-state index >= 15 is 0 Å². The third kappa shape index (κ3) is 2.52. The summed E-state index contributed by atoms with van der Waals surface area (Å²) >= 11 is 0. The summed E-state index contributed by atoms with van der Waals surface area (Å²) in [5, 5.41) is 0. The molecule has 3 aromatic rings. The van der Waals surface area contributed by atoms with Gasteiger partial charge in [-0.3, -0.25) is 0 Å². The third-order valence-electron chi connectivity index (χ3n) is 2.83. The number of nitrogens with zero attached hydrogens (tertiary/aromatic N) is 1. The molecule has 4 nitrogen and oxygen atoms in total. The Balaban J connectivity index is 1.76. The first-order valence-corrected chi connectivity index (χ1v) is 6.05. The van der Waals surface area contributed by atoms with E-state index in [2.05, 4.69) is 4.98 Å². The second-order valence-electron chi connectivity index (χ2n) is 4.44. The molecule has 0 spiro atoms. The fourth-order valence-corrected chi connectivity index (χ4v) is 1.86. The van der Waals surface area contributed by atoms with E-state index in [1.807, 2.05) is 37.3 Å². The maximum atomic E-state index is 5.61. The number of ether oxygens (including phenoxy) is 1. The number of aryl methyl sites for hydroxylation is 1. The van der Waals surface area contributed by atoms with Crippen LogP contribution in [0, 0.1) is 6.92 Å². The molecule has 0 aliphatic carbocycles. The van der Waals surface area contributed by atoms with E-state index in [0.29, 0.717) is 18.2 Å². The summed E-state index contributed by atoms with van der Waals surface area (Å²) in [6, 6.07) is 13.1. The first kappa shape index (κ1) is 11.6. The Morgan fingerprint density at radius 2 is 1.95 bits per heavy atom. The van der Waals surface area contributed by atoms with Crippen LogP contribution in [0.5, 0.6) is 5.75 Å². The molecule has 0 atom stereocenters. The molecule has 0 saturated heterocycles. The first-order chi connectivity index (χ1) is 9.20. The van der Waals surface area contributed by atoms with Gasteiger partial charge in [-0.25, -0.2) is 4.98 Å². The molecule has 0 radical (unpaired) electrons. The van der Waals surface area contributed by atoms with Crippen LogP contribution in [0.15, 0.2) is 46.9 Å². The number of oxazole rings is 1. The average Bonchev–Trinajstić information content (AvgIpc) is 2.80. The van der Waals surface area contributed by atoms with E-state index in [0.717, 1.165) is 22.4 Å². The summed E-state index contributed by atoms with van der Waals surface area (Å²) in [7, 11) is 0. The van der Waals surface area contributed by atoms with E-state index in [1.165, 1.54) is 0 Å². The minimum absolute atomic E-state index is 0.303. The van der Waals surface area contributed by atoms with Gasteiger partial charge in [0.2, 0.25) is 5.89 Å². The third-order valence-corrected chi connectivity index (χ3v) is 2.83. The highest BCUT2D eigenvalue weighted by molar-refractivity contribution is 5.73. The van der Waals surface area contributed by atoms with Crippen LogP contribution in [0.4, 0.5) is 5.69 Å². The number of anilines is 1. The predicted molar refractivity (Wildman–Crippen MR) is 73.9 cm³/mol. The zero-order valence-electron chi connectivity index (χ0n) is 10.6. The van der Waals surface area contributed by atoms with Crippen LogP contribution in [-0.4, -0.2) is 4.98 Å². The van der Waals surface area contributed by atoms with Crippen LogP contribution in [0.25, 0.3) is 11.1 Å².